The van der Waals surface area contributed by atoms with E-state index in [0.29, 0.717) is 10.9 Å². The molecule has 1 heteroatoms. The minimum atomic E-state index is 0.482. The predicted octanol–water partition coefficient (Wildman–Crippen LogP) is 3.42. The van der Waals surface area contributed by atoms with Crippen molar-refractivity contribution in [3.05, 3.63) is 66.2 Å². The summed E-state index contributed by atoms with van der Waals surface area (Å²) in [5.41, 5.74) is 1.50. The molecule has 0 spiro atoms. The lowest BCUT2D eigenvalue weighted by Gasteiger charge is -1.92. The zero-order chi connectivity index (χ0) is 10.1. The van der Waals surface area contributed by atoms with Crippen molar-refractivity contribution in [2.24, 2.45) is 0 Å². The first-order chi connectivity index (χ1) is 7.45. The normalized spacial score (nSPS) is 23.7. The maximum Gasteiger partial charge on any atom is 0.193 e. The van der Waals surface area contributed by atoms with E-state index in [9.17, 15) is 0 Å². The lowest BCUT2D eigenvalue weighted by molar-refractivity contribution is 1.23. The molecule has 1 saturated heterocycles. The highest BCUT2D eigenvalue weighted by Gasteiger charge is 2.52. The quantitative estimate of drug-likeness (QED) is 0.529. The summed E-state index contributed by atoms with van der Waals surface area (Å²) in [6.45, 7) is 0. The van der Waals surface area contributed by atoms with Crippen LogP contribution in [0.4, 0.5) is 0 Å². The molecule has 2 aromatic carbocycles. The molecule has 0 N–H and O–H groups in total. The zero-order valence-electron chi connectivity index (χ0n) is 8.47. The maximum absolute atomic E-state index is 2.26. The molecule has 74 valence electrons. The molecule has 1 unspecified atom stereocenters. The predicted molar refractivity (Wildman–Crippen MR) is 66.1 cm³/mol. The highest BCUT2D eigenvalue weighted by Crippen LogP contribution is 2.45. The second kappa shape index (κ2) is 3.74. The van der Waals surface area contributed by atoms with Crippen LogP contribution in [0.2, 0.25) is 0 Å². The van der Waals surface area contributed by atoms with Crippen LogP contribution >= 0.6 is 0 Å². The van der Waals surface area contributed by atoms with E-state index in [1.54, 1.807) is 0 Å². The van der Waals surface area contributed by atoms with E-state index < -0.39 is 0 Å². The third kappa shape index (κ3) is 1.80. The molecule has 1 fully saturated rings. The summed E-state index contributed by atoms with van der Waals surface area (Å²) in [7, 11) is 0.482. The fourth-order valence-corrected chi connectivity index (χ4v) is 4.07. The van der Waals surface area contributed by atoms with Gasteiger partial charge in [0.1, 0.15) is 0 Å². The Hall–Kier alpha value is -1.21. The van der Waals surface area contributed by atoms with Gasteiger partial charge in [0.25, 0.3) is 0 Å². The second-order valence-electron chi connectivity index (χ2n) is 3.81. The summed E-state index contributed by atoms with van der Waals surface area (Å²) >= 11 is 0. The van der Waals surface area contributed by atoms with Crippen LogP contribution in [0.1, 0.15) is 10.8 Å². The summed E-state index contributed by atoms with van der Waals surface area (Å²) in [5.74, 6) is 1.34. The van der Waals surface area contributed by atoms with Gasteiger partial charge in [-0.1, -0.05) is 48.5 Å². The standard InChI is InChI=1S/C14H13S/c1-3-7-12(8-4-1)14-11-15(14)13-9-5-2-6-10-13/h1-10,14H,11H2/q+1/t14-,15?/m0/s1. The van der Waals surface area contributed by atoms with E-state index in [0.717, 1.165) is 5.25 Å². The highest BCUT2D eigenvalue weighted by molar-refractivity contribution is 8.03. The van der Waals surface area contributed by atoms with Crippen molar-refractivity contribution >= 4 is 10.9 Å². The summed E-state index contributed by atoms with van der Waals surface area (Å²) in [6.07, 6.45) is 0. The molecule has 0 radical (unpaired) electrons. The van der Waals surface area contributed by atoms with Crippen molar-refractivity contribution < 1.29 is 0 Å². The van der Waals surface area contributed by atoms with Crippen molar-refractivity contribution in [3.63, 3.8) is 0 Å². The Kier molecular flexibility index (Phi) is 2.26. The summed E-state index contributed by atoms with van der Waals surface area (Å²) in [5, 5.41) is 0.786. The van der Waals surface area contributed by atoms with Crippen LogP contribution in [0, 0.1) is 0 Å². The Balaban J connectivity index is 1.81. The Morgan fingerprint density at radius 3 is 2.07 bits per heavy atom. The van der Waals surface area contributed by atoms with E-state index in [1.165, 1.54) is 16.2 Å². The van der Waals surface area contributed by atoms with Crippen molar-refractivity contribution in [2.75, 3.05) is 5.75 Å². The minimum absolute atomic E-state index is 0.482. The number of benzene rings is 2. The molecule has 0 aliphatic carbocycles. The first-order valence-corrected chi connectivity index (χ1v) is 6.70. The average Bonchev–Trinajstić information content (AvgIpc) is 3.11. The summed E-state index contributed by atoms with van der Waals surface area (Å²) in [6, 6.07) is 21.8. The molecule has 1 aliphatic rings. The van der Waals surface area contributed by atoms with E-state index in [-0.39, 0.29) is 0 Å². The van der Waals surface area contributed by atoms with Gasteiger partial charge in [-0.15, -0.1) is 0 Å². The third-order valence-electron chi connectivity index (χ3n) is 2.78. The monoisotopic (exact) mass is 213 g/mol. The smallest absolute Gasteiger partial charge is 0.0622 e. The molecule has 0 saturated carbocycles. The zero-order valence-corrected chi connectivity index (χ0v) is 9.28. The summed E-state index contributed by atoms with van der Waals surface area (Å²) in [4.78, 5) is 1.52. The number of rotatable bonds is 2. The Morgan fingerprint density at radius 2 is 1.40 bits per heavy atom. The van der Waals surface area contributed by atoms with Gasteiger partial charge in [-0.05, 0) is 12.1 Å². The molecule has 1 aliphatic heterocycles. The van der Waals surface area contributed by atoms with Gasteiger partial charge in [-0.2, -0.15) is 0 Å². The van der Waals surface area contributed by atoms with Crippen LogP contribution in [0.25, 0.3) is 0 Å². The van der Waals surface area contributed by atoms with Crippen LogP contribution in [-0.2, 0) is 10.9 Å². The number of hydrogen-bond donors (Lipinski definition) is 0. The molecule has 0 aromatic heterocycles. The molecule has 2 aromatic rings. The average molecular weight is 213 g/mol. The molecule has 3 rings (SSSR count). The molecule has 0 bridgehead atoms. The van der Waals surface area contributed by atoms with Crippen molar-refractivity contribution in [1.29, 1.82) is 0 Å². The topological polar surface area (TPSA) is 0 Å². The molecule has 15 heavy (non-hydrogen) atoms. The SMILES string of the molecule is c1ccc([C@@H]2C[S+]2c2ccccc2)cc1. The highest BCUT2D eigenvalue weighted by atomic mass is 32.2. The largest absolute Gasteiger partial charge is 0.193 e. The minimum Gasteiger partial charge on any atom is -0.0622 e. The van der Waals surface area contributed by atoms with Crippen LogP contribution in [0.5, 0.6) is 0 Å². The Morgan fingerprint density at radius 1 is 0.800 bits per heavy atom. The first-order valence-electron chi connectivity index (χ1n) is 5.25. The van der Waals surface area contributed by atoms with E-state index in [1.807, 2.05) is 0 Å². The fraction of sp³-hybridized carbons (Fsp3) is 0.143. The maximum atomic E-state index is 2.26. The molecular formula is C14H13S+. The molecule has 0 nitrogen and oxygen atoms in total. The fourth-order valence-electron chi connectivity index (χ4n) is 1.91. The first kappa shape index (κ1) is 9.05. The van der Waals surface area contributed by atoms with E-state index >= 15 is 0 Å². The lowest BCUT2D eigenvalue weighted by Crippen LogP contribution is -1.84. The molecular weight excluding hydrogens is 200 g/mol. The Labute approximate surface area is 93.3 Å². The molecule has 0 amide bonds. The van der Waals surface area contributed by atoms with Gasteiger partial charge in [0.15, 0.2) is 15.9 Å². The summed E-state index contributed by atoms with van der Waals surface area (Å²) < 4.78 is 0. The third-order valence-corrected chi connectivity index (χ3v) is 5.04. The molecule has 1 heterocycles. The van der Waals surface area contributed by atoms with Crippen LogP contribution < -0.4 is 0 Å². The van der Waals surface area contributed by atoms with Crippen LogP contribution in [0.3, 0.4) is 0 Å². The van der Waals surface area contributed by atoms with Gasteiger partial charge in [0.05, 0.1) is 0 Å². The number of hydrogen-bond acceptors (Lipinski definition) is 0. The Bertz CT molecular complexity index is 392. The van der Waals surface area contributed by atoms with Gasteiger partial charge >= 0.3 is 0 Å². The van der Waals surface area contributed by atoms with Crippen molar-refractivity contribution in [1.82, 2.24) is 0 Å². The van der Waals surface area contributed by atoms with Gasteiger partial charge in [0.2, 0.25) is 0 Å². The van der Waals surface area contributed by atoms with Crippen molar-refractivity contribution in [2.45, 2.75) is 10.1 Å². The van der Waals surface area contributed by atoms with Crippen LogP contribution in [0.15, 0.2) is 65.6 Å². The molecule has 2 atom stereocenters. The second-order valence-corrected chi connectivity index (χ2v) is 6.04. The van der Waals surface area contributed by atoms with Crippen molar-refractivity contribution in [3.8, 4) is 0 Å². The van der Waals surface area contributed by atoms with Gasteiger partial charge in [-0.25, -0.2) is 0 Å². The van der Waals surface area contributed by atoms with Gasteiger partial charge in [0, 0.05) is 16.5 Å². The van der Waals surface area contributed by atoms with E-state index in [2.05, 4.69) is 60.7 Å². The van der Waals surface area contributed by atoms with Gasteiger partial charge < -0.3 is 0 Å². The van der Waals surface area contributed by atoms with Gasteiger partial charge in [-0.3, -0.25) is 0 Å². The van der Waals surface area contributed by atoms with E-state index in [4.69, 9.17) is 0 Å². The van der Waals surface area contributed by atoms with Crippen LogP contribution in [-0.4, -0.2) is 5.75 Å². The lowest BCUT2D eigenvalue weighted by atomic mass is 10.2.